The number of hydrogen-bond acceptors (Lipinski definition) is 4. The van der Waals surface area contributed by atoms with Gasteiger partial charge in [-0.3, -0.25) is 9.40 Å². The summed E-state index contributed by atoms with van der Waals surface area (Å²) in [6, 6.07) is 8.47. The highest BCUT2D eigenvalue weighted by Gasteiger charge is 2.15. The molecule has 0 spiro atoms. The highest BCUT2D eigenvalue weighted by molar-refractivity contribution is 7.92. The first-order valence-electron chi connectivity index (χ1n) is 6.27. The zero-order valence-corrected chi connectivity index (χ0v) is 12.3. The molecule has 6 nitrogen and oxygen atoms in total. The molecule has 2 rings (SSSR count). The summed E-state index contributed by atoms with van der Waals surface area (Å²) >= 11 is 0. The quantitative estimate of drug-likeness (QED) is 0.833. The van der Waals surface area contributed by atoms with Crippen LogP contribution in [0.25, 0.3) is 0 Å². The third-order valence-corrected chi connectivity index (χ3v) is 4.22. The Kier molecular flexibility index (Phi) is 4.41. The largest absolute Gasteiger partial charge is 0.319 e. The van der Waals surface area contributed by atoms with E-state index in [1.165, 1.54) is 0 Å². The van der Waals surface area contributed by atoms with Crippen LogP contribution >= 0.6 is 0 Å². The molecule has 0 saturated carbocycles. The van der Waals surface area contributed by atoms with E-state index in [0.717, 1.165) is 18.5 Å². The molecule has 0 atom stereocenters. The Labute approximate surface area is 118 Å². The van der Waals surface area contributed by atoms with E-state index < -0.39 is 10.0 Å². The first-order chi connectivity index (χ1) is 9.51. The van der Waals surface area contributed by atoms with Crippen molar-refractivity contribution in [2.24, 2.45) is 7.05 Å². The molecule has 0 unspecified atom stereocenters. The Morgan fingerprint density at radius 2 is 1.90 bits per heavy atom. The van der Waals surface area contributed by atoms with E-state index in [9.17, 15) is 8.42 Å². The van der Waals surface area contributed by atoms with Crippen LogP contribution in [-0.2, 0) is 23.5 Å². The minimum absolute atomic E-state index is 0.233. The fourth-order valence-corrected chi connectivity index (χ4v) is 2.77. The monoisotopic (exact) mass is 294 g/mol. The molecule has 0 aliphatic heterocycles. The number of anilines is 1. The molecule has 7 heteroatoms. The zero-order chi connectivity index (χ0) is 14.6. The van der Waals surface area contributed by atoms with Crippen LogP contribution in [0.4, 0.5) is 5.82 Å². The second kappa shape index (κ2) is 6.06. The Bertz CT molecular complexity index is 662. The number of hydrogen-bond donors (Lipinski definition) is 2. The predicted octanol–water partition coefficient (Wildman–Crippen LogP) is 0.983. The molecule has 1 aromatic heterocycles. The van der Waals surface area contributed by atoms with Gasteiger partial charge < -0.3 is 5.32 Å². The Morgan fingerprint density at radius 3 is 2.45 bits per heavy atom. The van der Waals surface area contributed by atoms with Gasteiger partial charge in [-0.2, -0.15) is 5.10 Å². The van der Waals surface area contributed by atoms with Crippen LogP contribution in [0.15, 0.2) is 41.4 Å². The maximum Gasteiger partial charge on any atom is 0.263 e. The summed E-state index contributed by atoms with van der Waals surface area (Å²) < 4.78 is 28.3. The van der Waals surface area contributed by atoms with Crippen molar-refractivity contribution in [1.82, 2.24) is 15.1 Å². The van der Waals surface area contributed by atoms with Gasteiger partial charge in [0.05, 0.1) is 4.90 Å². The van der Waals surface area contributed by atoms with Crippen LogP contribution in [0.1, 0.15) is 5.56 Å². The van der Waals surface area contributed by atoms with E-state index in [-0.39, 0.29) is 4.90 Å². The maximum absolute atomic E-state index is 12.2. The average Bonchev–Trinajstić information content (AvgIpc) is 2.81. The fraction of sp³-hybridized carbons (Fsp3) is 0.308. The summed E-state index contributed by atoms with van der Waals surface area (Å²) in [5.74, 6) is 0.312. The Balaban J connectivity index is 2.13. The molecule has 2 N–H and O–H groups in total. The van der Waals surface area contributed by atoms with E-state index in [1.807, 2.05) is 19.2 Å². The normalized spacial score (nSPS) is 11.5. The van der Waals surface area contributed by atoms with Crippen LogP contribution in [0.2, 0.25) is 0 Å². The number of nitrogens with one attached hydrogen (secondary N) is 2. The van der Waals surface area contributed by atoms with Gasteiger partial charge in [-0.15, -0.1) is 0 Å². The minimum Gasteiger partial charge on any atom is -0.319 e. The number of sulfonamides is 1. The van der Waals surface area contributed by atoms with Crippen molar-refractivity contribution in [1.29, 1.82) is 0 Å². The second-order valence-corrected chi connectivity index (χ2v) is 6.16. The SMILES string of the molecule is CNCCc1ccc(S(=O)(=O)Nc2ccn(C)n2)cc1. The van der Waals surface area contributed by atoms with Gasteiger partial charge in [-0.1, -0.05) is 12.1 Å². The molecule has 0 aliphatic rings. The van der Waals surface area contributed by atoms with Gasteiger partial charge in [0.2, 0.25) is 0 Å². The lowest BCUT2D eigenvalue weighted by Crippen LogP contribution is -2.14. The van der Waals surface area contributed by atoms with E-state index in [4.69, 9.17) is 0 Å². The maximum atomic E-state index is 12.2. The molecule has 0 saturated heterocycles. The van der Waals surface area contributed by atoms with Gasteiger partial charge in [0.25, 0.3) is 10.0 Å². The van der Waals surface area contributed by atoms with Crippen molar-refractivity contribution in [2.45, 2.75) is 11.3 Å². The Hall–Kier alpha value is -1.86. The first-order valence-corrected chi connectivity index (χ1v) is 7.75. The summed E-state index contributed by atoms with van der Waals surface area (Å²) in [7, 11) is 0.0363. The van der Waals surface area contributed by atoms with Crippen molar-refractivity contribution >= 4 is 15.8 Å². The number of aryl methyl sites for hydroxylation is 1. The van der Waals surface area contributed by atoms with Crippen molar-refractivity contribution in [3.05, 3.63) is 42.1 Å². The topological polar surface area (TPSA) is 76.0 Å². The van der Waals surface area contributed by atoms with E-state index >= 15 is 0 Å². The summed E-state index contributed by atoms with van der Waals surface area (Å²) in [5.41, 5.74) is 1.09. The summed E-state index contributed by atoms with van der Waals surface area (Å²) in [6.45, 7) is 0.859. The minimum atomic E-state index is -3.58. The van der Waals surface area contributed by atoms with Gasteiger partial charge in [0, 0.05) is 19.3 Å². The molecule has 0 amide bonds. The predicted molar refractivity (Wildman–Crippen MR) is 78.1 cm³/mol. The highest BCUT2D eigenvalue weighted by atomic mass is 32.2. The summed E-state index contributed by atoms with van der Waals surface area (Å²) in [6.07, 6.45) is 2.54. The number of benzene rings is 1. The molecule has 1 aromatic carbocycles. The number of nitrogens with zero attached hydrogens (tertiary/aromatic N) is 2. The van der Waals surface area contributed by atoms with Crippen LogP contribution in [0, 0.1) is 0 Å². The van der Waals surface area contributed by atoms with E-state index in [0.29, 0.717) is 5.82 Å². The van der Waals surface area contributed by atoms with Gasteiger partial charge in [0.15, 0.2) is 5.82 Å². The average molecular weight is 294 g/mol. The highest BCUT2D eigenvalue weighted by Crippen LogP contribution is 2.15. The number of aromatic nitrogens is 2. The van der Waals surface area contributed by atoms with Crippen molar-refractivity contribution in [2.75, 3.05) is 18.3 Å². The summed E-state index contributed by atoms with van der Waals surface area (Å²) in [5, 5.41) is 7.05. The van der Waals surface area contributed by atoms with E-state index in [2.05, 4.69) is 15.1 Å². The molecule has 20 heavy (non-hydrogen) atoms. The number of rotatable bonds is 6. The van der Waals surface area contributed by atoms with Gasteiger partial charge >= 0.3 is 0 Å². The molecule has 108 valence electrons. The lowest BCUT2D eigenvalue weighted by Gasteiger charge is -2.06. The molecular weight excluding hydrogens is 276 g/mol. The van der Waals surface area contributed by atoms with Crippen molar-refractivity contribution < 1.29 is 8.42 Å². The molecule has 0 fully saturated rings. The zero-order valence-electron chi connectivity index (χ0n) is 11.5. The van der Waals surface area contributed by atoms with Crippen LogP contribution in [0.5, 0.6) is 0 Å². The van der Waals surface area contributed by atoms with Gasteiger partial charge in [-0.05, 0) is 37.7 Å². The van der Waals surface area contributed by atoms with Gasteiger partial charge in [0.1, 0.15) is 0 Å². The van der Waals surface area contributed by atoms with E-state index in [1.54, 1.807) is 36.1 Å². The van der Waals surface area contributed by atoms with Crippen LogP contribution < -0.4 is 10.0 Å². The fourth-order valence-electron chi connectivity index (χ4n) is 1.77. The van der Waals surface area contributed by atoms with Crippen LogP contribution in [0.3, 0.4) is 0 Å². The third kappa shape index (κ3) is 3.58. The van der Waals surface area contributed by atoms with Crippen LogP contribution in [-0.4, -0.2) is 31.8 Å². The third-order valence-electron chi connectivity index (χ3n) is 2.85. The lowest BCUT2D eigenvalue weighted by molar-refractivity contribution is 0.601. The van der Waals surface area contributed by atoms with Crippen molar-refractivity contribution in [3.63, 3.8) is 0 Å². The van der Waals surface area contributed by atoms with Gasteiger partial charge in [-0.25, -0.2) is 8.42 Å². The number of likely N-dealkylation sites (N-methyl/N-ethyl adjacent to an activating group) is 1. The summed E-state index contributed by atoms with van der Waals surface area (Å²) in [4.78, 5) is 0.233. The Morgan fingerprint density at radius 1 is 1.20 bits per heavy atom. The molecule has 0 aliphatic carbocycles. The standard InChI is InChI=1S/C13H18N4O2S/c1-14-9-7-11-3-5-12(6-4-11)20(18,19)16-13-8-10-17(2)15-13/h3-6,8,10,14H,7,9H2,1-2H3,(H,15,16). The smallest absolute Gasteiger partial charge is 0.263 e. The first kappa shape index (κ1) is 14.5. The second-order valence-electron chi connectivity index (χ2n) is 4.48. The molecular formula is C13H18N4O2S. The molecule has 1 heterocycles. The lowest BCUT2D eigenvalue weighted by atomic mass is 10.1. The molecule has 2 aromatic rings. The molecule has 0 bridgehead atoms. The van der Waals surface area contributed by atoms with Crippen molar-refractivity contribution in [3.8, 4) is 0 Å². The molecule has 0 radical (unpaired) electrons.